The van der Waals surface area contributed by atoms with Crippen LogP contribution in [0.15, 0.2) is 52.1 Å². The van der Waals surface area contributed by atoms with Crippen molar-refractivity contribution in [1.82, 2.24) is 4.98 Å². The van der Waals surface area contributed by atoms with Crippen LogP contribution in [0.5, 0.6) is 5.88 Å². The van der Waals surface area contributed by atoms with E-state index in [2.05, 4.69) is 14.6 Å². The van der Waals surface area contributed by atoms with Gasteiger partial charge < -0.3 is 10.1 Å². The van der Waals surface area contributed by atoms with E-state index in [1.165, 1.54) is 0 Å². The van der Waals surface area contributed by atoms with Crippen LogP contribution in [0.4, 0.5) is 5.69 Å². The SMILES string of the molecule is Cc1ccc2[nH]c(O)c(N=NS(=O)(=O)[C@@H]3C=CC=CC3)c2c1. The van der Waals surface area contributed by atoms with Gasteiger partial charge in [0.1, 0.15) is 5.25 Å². The normalized spacial score (nSPS) is 18.5. The molecule has 0 bridgehead atoms. The lowest BCUT2D eigenvalue weighted by atomic mass is 10.2. The number of aromatic nitrogens is 1. The number of nitrogens with zero attached hydrogens (tertiary/aromatic N) is 2. The molecule has 1 heterocycles. The van der Waals surface area contributed by atoms with E-state index in [0.29, 0.717) is 17.3 Å². The van der Waals surface area contributed by atoms with Crippen LogP contribution >= 0.6 is 0 Å². The Morgan fingerprint density at radius 3 is 2.86 bits per heavy atom. The zero-order valence-electron chi connectivity index (χ0n) is 11.9. The van der Waals surface area contributed by atoms with E-state index in [-0.39, 0.29) is 11.6 Å². The van der Waals surface area contributed by atoms with Crippen molar-refractivity contribution in [2.24, 2.45) is 9.63 Å². The number of rotatable bonds is 3. The second-order valence-electron chi connectivity index (χ2n) is 5.16. The van der Waals surface area contributed by atoms with Gasteiger partial charge in [-0.05, 0) is 25.5 Å². The molecule has 0 saturated carbocycles. The Balaban J connectivity index is 1.99. The Kier molecular flexibility index (Phi) is 3.58. The second kappa shape index (κ2) is 5.42. The fourth-order valence-electron chi connectivity index (χ4n) is 2.32. The lowest BCUT2D eigenvalue weighted by Crippen LogP contribution is -2.16. The molecule has 0 saturated heterocycles. The summed E-state index contributed by atoms with van der Waals surface area (Å²) in [6.07, 6.45) is 7.18. The number of allylic oxidation sites excluding steroid dienone is 3. The van der Waals surface area contributed by atoms with Crippen molar-refractivity contribution in [3.63, 3.8) is 0 Å². The summed E-state index contributed by atoms with van der Waals surface area (Å²) in [7, 11) is -3.76. The highest BCUT2D eigenvalue weighted by Gasteiger charge is 2.23. The zero-order valence-corrected chi connectivity index (χ0v) is 12.7. The van der Waals surface area contributed by atoms with Crippen LogP contribution in [-0.2, 0) is 10.0 Å². The first-order chi connectivity index (χ1) is 10.5. The second-order valence-corrected chi connectivity index (χ2v) is 6.95. The molecule has 1 aliphatic carbocycles. The molecule has 0 fully saturated rings. The molecule has 0 unspecified atom stereocenters. The number of benzene rings is 1. The van der Waals surface area contributed by atoms with Crippen molar-refractivity contribution in [2.45, 2.75) is 18.6 Å². The van der Waals surface area contributed by atoms with Crippen LogP contribution in [0.1, 0.15) is 12.0 Å². The molecule has 1 aromatic heterocycles. The largest absolute Gasteiger partial charge is 0.493 e. The molecule has 2 aromatic rings. The summed E-state index contributed by atoms with van der Waals surface area (Å²) in [5, 5.41) is 13.6. The van der Waals surface area contributed by atoms with Crippen LogP contribution in [-0.4, -0.2) is 23.8 Å². The lowest BCUT2D eigenvalue weighted by molar-refractivity contribution is 0.459. The van der Waals surface area contributed by atoms with Gasteiger partial charge in [-0.2, -0.15) is 0 Å². The highest BCUT2D eigenvalue weighted by Crippen LogP contribution is 2.36. The van der Waals surface area contributed by atoms with Gasteiger partial charge in [-0.25, -0.2) is 8.42 Å². The molecule has 0 aliphatic heterocycles. The minimum atomic E-state index is -3.76. The number of aromatic amines is 1. The van der Waals surface area contributed by atoms with E-state index < -0.39 is 15.3 Å². The van der Waals surface area contributed by atoms with Gasteiger partial charge in [0.15, 0.2) is 5.69 Å². The third-order valence-corrected chi connectivity index (χ3v) is 4.91. The number of hydrogen-bond acceptors (Lipinski definition) is 4. The van der Waals surface area contributed by atoms with Gasteiger partial charge in [-0.1, -0.05) is 40.5 Å². The molecular formula is C15H15N3O3S. The molecule has 0 radical (unpaired) electrons. The molecular weight excluding hydrogens is 302 g/mol. The maximum Gasteiger partial charge on any atom is 0.277 e. The maximum atomic E-state index is 12.2. The Hall–Kier alpha value is -2.41. The molecule has 1 atom stereocenters. The van der Waals surface area contributed by atoms with E-state index in [0.717, 1.165) is 5.56 Å². The molecule has 114 valence electrons. The van der Waals surface area contributed by atoms with E-state index >= 15 is 0 Å². The summed E-state index contributed by atoms with van der Waals surface area (Å²) in [4.78, 5) is 2.75. The van der Waals surface area contributed by atoms with Gasteiger partial charge in [-0.3, -0.25) is 0 Å². The van der Waals surface area contributed by atoms with Gasteiger partial charge in [0.05, 0.1) is 5.52 Å². The summed E-state index contributed by atoms with van der Waals surface area (Å²) in [6.45, 7) is 1.90. The minimum Gasteiger partial charge on any atom is -0.493 e. The number of H-pyrrole nitrogens is 1. The van der Waals surface area contributed by atoms with Crippen molar-refractivity contribution in [3.8, 4) is 5.88 Å². The van der Waals surface area contributed by atoms with Crippen molar-refractivity contribution >= 4 is 26.6 Å². The first kappa shape index (κ1) is 14.5. The standard InChI is InChI=1S/C15H15N3O3S/c1-10-7-8-13-12(9-10)14(15(19)16-13)17-18-22(20,21)11-5-3-2-4-6-11/h2-5,7-9,11,16,19H,6H2,1H3/t11-/m1/s1. The number of sulfonamides is 1. The first-order valence-electron chi connectivity index (χ1n) is 6.79. The average Bonchev–Trinajstić information content (AvgIpc) is 2.81. The Bertz CT molecular complexity index is 908. The van der Waals surface area contributed by atoms with E-state index in [4.69, 9.17) is 0 Å². The van der Waals surface area contributed by atoms with Crippen LogP contribution in [0, 0.1) is 6.92 Å². The number of aryl methyl sites for hydroxylation is 1. The molecule has 6 nitrogen and oxygen atoms in total. The molecule has 1 aromatic carbocycles. The van der Waals surface area contributed by atoms with Gasteiger partial charge in [0.25, 0.3) is 10.0 Å². The average molecular weight is 317 g/mol. The molecule has 2 N–H and O–H groups in total. The lowest BCUT2D eigenvalue weighted by Gasteiger charge is -2.08. The summed E-state index contributed by atoms with van der Waals surface area (Å²) in [5.74, 6) is -0.196. The predicted molar refractivity (Wildman–Crippen MR) is 84.8 cm³/mol. The highest BCUT2D eigenvalue weighted by molar-refractivity contribution is 7.90. The maximum absolute atomic E-state index is 12.2. The zero-order chi connectivity index (χ0) is 15.7. The molecule has 1 aliphatic rings. The minimum absolute atomic E-state index is 0.137. The topological polar surface area (TPSA) is 94.9 Å². The van der Waals surface area contributed by atoms with Crippen molar-refractivity contribution < 1.29 is 13.5 Å². The van der Waals surface area contributed by atoms with Crippen molar-refractivity contribution in [3.05, 3.63) is 48.1 Å². The fourth-order valence-corrected chi connectivity index (χ4v) is 3.28. The third-order valence-electron chi connectivity index (χ3n) is 3.49. The number of aromatic hydroxyl groups is 1. The van der Waals surface area contributed by atoms with Crippen LogP contribution < -0.4 is 0 Å². The van der Waals surface area contributed by atoms with Crippen molar-refractivity contribution in [2.75, 3.05) is 0 Å². The molecule has 0 spiro atoms. The van der Waals surface area contributed by atoms with Crippen molar-refractivity contribution in [1.29, 1.82) is 0 Å². The fraction of sp³-hybridized carbons (Fsp3) is 0.200. The molecule has 3 rings (SSSR count). The smallest absolute Gasteiger partial charge is 0.277 e. The Morgan fingerprint density at radius 1 is 1.32 bits per heavy atom. The number of fused-ring (bicyclic) bond motifs is 1. The molecule has 22 heavy (non-hydrogen) atoms. The Labute approximate surface area is 127 Å². The van der Waals surface area contributed by atoms with E-state index in [1.54, 1.807) is 30.4 Å². The summed E-state index contributed by atoms with van der Waals surface area (Å²) >= 11 is 0. The molecule has 0 amide bonds. The number of hydrogen-bond donors (Lipinski definition) is 2. The van der Waals surface area contributed by atoms with E-state index in [1.807, 2.05) is 19.1 Å². The van der Waals surface area contributed by atoms with E-state index in [9.17, 15) is 13.5 Å². The van der Waals surface area contributed by atoms with Crippen LogP contribution in [0.2, 0.25) is 0 Å². The van der Waals surface area contributed by atoms with Crippen LogP contribution in [0.25, 0.3) is 10.9 Å². The summed E-state index contributed by atoms with van der Waals surface area (Å²) in [6, 6.07) is 5.50. The number of nitrogens with one attached hydrogen (secondary N) is 1. The monoisotopic (exact) mass is 317 g/mol. The van der Waals surface area contributed by atoms with Gasteiger partial charge in [0.2, 0.25) is 5.88 Å². The first-order valence-corrected chi connectivity index (χ1v) is 8.29. The quantitative estimate of drug-likeness (QED) is 0.848. The van der Waals surface area contributed by atoms with Gasteiger partial charge in [0, 0.05) is 5.39 Å². The third kappa shape index (κ3) is 2.67. The van der Waals surface area contributed by atoms with Gasteiger partial charge in [-0.15, -0.1) is 5.11 Å². The molecule has 7 heteroatoms. The summed E-state index contributed by atoms with van der Waals surface area (Å²) < 4.78 is 27.8. The van der Waals surface area contributed by atoms with Crippen LogP contribution in [0.3, 0.4) is 0 Å². The predicted octanol–water partition coefficient (Wildman–Crippen LogP) is 3.48. The Morgan fingerprint density at radius 2 is 2.14 bits per heavy atom. The summed E-state index contributed by atoms with van der Waals surface area (Å²) in [5.41, 5.74) is 1.79. The highest BCUT2D eigenvalue weighted by atomic mass is 32.2. The van der Waals surface area contributed by atoms with Gasteiger partial charge >= 0.3 is 0 Å².